The molecule has 0 fully saturated rings. The van der Waals surface area contributed by atoms with Crippen molar-refractivity contribution in [1.82, 2.24) is 0 Å². The first-order valence-corrected chi connectivity index (χ1v) is 13.4. The van der Waals surface area contributed by atoms with E-state index in [1.54, 1.807) is 13.8 Å². The summed E-state index contributed by atoms with van der Waals surface area (Å²) < 4.78 is 15.5. The van der Waals surface area contributed by atoms with Crippen molar-refractivity contribution in [3.8, 4) is 0 Å². The van der Waals surface area contributed by atoms with Crippen LogP contribution >= 0.6 is 0 Å². The molecule has 0 heterocycles. The summed E-state index contributed by atoms with van der Waals surface area (Å²) in [7, 11) is -1.52. The van der Waals surface area contributed by atoms with Gasteiger partial charge in [-0.1, -0.05) is 13.8 Å². The number of carbonyl (C=O) groups excluding carboxylic acids is 3. The largest absolute Gasteiger partial charge is 0.548 e. The van der Waals surface area contributed by atoms with Crippen molar-refractivity contribution in [3.63, 3.8) is 0 Å². The van der Waals surface area contributed by atoms with Crippen LogP contribution in [0.15, 0.2) is 11.8 Å². The van der Waals surface area contributed by atoms with E-state index in [4.69, 9.17) is 13.9 Å². The molecule has 0 radical (unpaired) electrons. The quantitative estimate of drug-likeness (QED) is 0.271. The smallest absolute Gasteiger partial charge is 0.308 e. The topological polar surface area (TPSA) is 78.9 Å². The molecule has 0 aliphatic carbocycles. The van der Waals surface area contributed by atoms with Gasteiger partial charge in [-0.15, -0.1) is 0 Å². The summed E-state index contributed by atoms with van der Waals surface area (Å²) in [6.07, 6.45) is 3.70. The Kier molecular flexibility index (Phi) is 15.6. The fourth-order valence-corrected chi connectivity index (χ4v) is 3.12. The second kappa shape index (κ2) is 15.3. The third kappa shape index (κ3) is 17.8. The molecule has 0 aromatic heterocycles. The Balaban J connectivity index is 0. The Bertz CT molecular complexity index is 508. The third-order valence-corrected chi connectivity index (χ3v) is 4.47. The zero-order chi connectivity index (χ0) is 22.3. The number of esters is 2. The minimum atomic E-state index is -1.52. The van der Waals surface area contributed by atoms with Gasteiger partial charge in [0.05, 0.1) is 30.8 Å². The lowest BCUT2D eigenvalue weighted by molar-refractivity contribution is -0.148. The van der Waals surface area contributed by atoms with E-state index in [1.807, 2.05) is 26.8 Å². The van der Waals surface area contributed by atoms with Gasteiger partial charge in [0.1, 0.15) is 5.78 Å². The van der Waals surface area contributed by atoms with Crippen LogP contribution in [0.2, 0.25) is 19.6 Å². The fourth-order valence-electron chi connectivity index (χ4n) is 2.07. The van der Waals surface area contributed by atoms with Crippen LogP contribution in [-0.4, -0.2) is 39.3 Å². The lowest BCUT2D eigenvalue weighted by Gasteiger charge is -2.19. The van der Waals surface area contributed by atoms with Crippen molar-refractivity contribution in [2.75, 3.05) is 13.2 Å². The molecule has 0 bridgehead atoms. The van der Waals surface area contributed by atoms with Gasteiger partial charge in [0, 0.05) is 6.42 Å². The number of hydrogen-bond donors (Lipinski definition) is 0. The molecule has 0 rings (SSSR count). The maximum atomic E-state index is 11.4. The molecule has 0 aromatic carbocycles. The Labute approximate surface area is 172 Å². The lowest BCUT2D eigenvalue weighted by Crippen LogP contribution is -2.24. The molecule has 0 saturated carbocycles. The average Bonchev–Trinajstić information content (AvgIpc) is 2.56. The SMILES string of the molecule is CCOC(=O)C(C)C/C=C(/C)O[Si](C)(C)C.CCOC(=O)C(C)CCC(C)=O. The number of ketones is 1. The van der Waals surface area contributed by atoms with Crippen molar-refractivity contribution in [1.29, 1.82) is 0 Å². The molecule has 0 saturated heterocycles. The van der Waals surface area contributed by atoms with E-state index in [1.165, 1.54) is 6.92 Å². The normalized spacial score (nSPS) is 13.5. The van der Waals surface area contributed by atoms with Gasteiger partial charge in [0.2, 0.25) is 8.32 Å². The minimum absolute atomic E-state index is 0.0971. The molecule has 6 nitrogen and oxygen atoms in total. The van der Waals surface area contributed by atoms with Crippen LogP contribution in [0.25, 0.3) is 0 Å². The van der Waals surface area contributed by atoms with E-state index in [0.29, 0.717) is 32.5 Å². The van der Waals surface area contributed by atoms with Crippen LogP contribution in [0.1, 0.15) is 60.8 Å². The average molecular weight is 417 g/mol. The summed E-state index contributed by atoms with van der Waals surface area (Å²) in [6, 6.07) is 0. The third-order valence-electron chi connectivity index (χ3n) is 3.53. The summed E-state index contributed by atoms with van der Waals surface area (Å²) in [5.74, 6) is 0.425. The number of allylic oxidation sites excluding steroid dienone is 2. The molecule has 0 spiro atoms. The van der Waals surface area contributed by atoms with Gasteiger partial charge in [-0.3, -0.25) is 9.59 Å². The second-order valence-corrected chi connectivity index (χ2v) is 12.2. The summed E-state index contributed by atoms with van der Waals surface area (Å²) in [5.41, 5.74) is 0. The Hall–Kier alpha value is -1.63. The highest BCUT2D eigenvalue weighted by atomic mass is 28.4. The van der Waals surface area contributed by atoms with Gasteiger partial charge in [0.15, 0.2) is 0 Å². The van der Waals surface area contributed by atoms with Gasteiger partial charge < -0.3 is 18.7 Å². The number of ether oxygens (including phenoxy) is 2. The van der Waals surface area contributed by atoms with E-state index >= 15 is 0 Å². The highest BCUT2D eigenvalue weighted by Crippen LogP contribution is 2.13. The maximum absolute atomic E-state index is 11.4. The number of Topliss-reactive ketones (excluding diaryl/α,β-unsaturated/α-hetero) is 1. The van der Waals surface area contributed by atoms with Crippen molar-refractivity contribution >= 4 is 26.0 Å². The zero-order valence-corrected chi connectivity index (χ0v) is 20.2. The van der Waals surface area contributed by atoms with Gasteiger partial charge in [-0.25, -0.2) is 0 Å². The predicted molar refractivity (Wildman–Crippen MR) is 114 cm³/mol. The van der Waals surface area contributed by atoms with Crippen molar-refractivity contribution in [2.24, 2.45) is 11.8 Å². The van der Waals surface area contributed by atoms with Crippen LogP contribution in [0.4, 0.5) is 0 Å². The highest BCUT2D eigenvalue weighted by molar-refractivity contribution is 6.70. The first-order chi connectivity index (χ1) is 12.8. The fraction of sp³-hybridized carbons (Fsp3) is 0.762. The molecule has 164 valence electrons. The van der Waals surface area contributed by atoms with E-state index in [-0.39, 0.29) is 29.6 Å². The van der Waals surface area contributed by atoms with Gasteiger partial charge in [-0.2, -0.15) is 0 Å². The molecule has 0 aliphatic heterocycles. The standard InChI is InChI=1S/C12H24O3Si.C9H16O3/c1-7-14-12(13)10(2)8-9-11(3)15-16(4,5)6;1-4-12-9(11)7(2)5-6-8(3)10/h9-10H,7-8H2,1-6H3;7H,4-6H2,1-3H3/b11-9-;. The van der Waals surface area contributed by atoms with Gasteiger partial charge in [-0.05, 0) is 66.3 Å². The van der Waals surface area contributed by atoms with Gasteiger partial charge >= 0.3 is 11.9 Å². The van der Waals surface area contributed by atoms with Crippen LogP contribution in [-0.2, 0) is 28.3 Å². The molecule has 0 N–H and O–H groups in total. The molecule has 0 amide bonds. The Morgan fingerprint density at radius 2 is 1.36 bits per heavy atom. The van der Waals surface area contributed by atoms with Crippen LogP contribution in [0, 0.1) is 11.8 Å². The first-order valence-electron chi connectivity index (χ1n) is 10.0. The van der Waals surface area contributed by atoms with Crippen molar-refractivity contribution in [3.05, 3.63) is 11.8 Å². The summed E-state index contributed by atoms with van der Waals surface area (Å²) in [4.78, 5) is 33.0. The van der Waals surface area contributed by atoms with Crippen LogP contribution in [0.3, 0.4) is 0 Å². The molecule has 0 aliphatic rings. The summed E-state index contributed by atoms with van der Waals surface area (Å²) >= 11 is 0. The molecular weight excluding hydrogens is 376 g/mol. The van der Waals surface area contributed by atoms with Crippen molar-refractivity contribution in [2.45, 2.75) is 80.4 Å². The first kappa shape index (κ1) is 28.6. The number of hydrogen-bond acceptors (Lipinski definition) is 6. The van der Waals surface area contributed by atoms with Crippen LogP contribution < -0.4 is 0 Å². The number of carbonyl (C=O) groups is 3. The summed E-state index contributed by atoms with van der Waals surface area (Å²) in [6.45, 7) is 18.0. The predicted octanol–water partition coefficient (Wildman–Crippen LogP) is 4.89. The van der Waals surface area contributed by atoms with E-state index in [2.05, 4.69) is 19.6 Å². The minimum Gasteiger partial charge on any atom is -0.548 e. The van der Waals surface area contributed by atoms with E-state index in [9.17, 15) is 14.4 Å². The van der Waals surface area contributed by atoms with Crippen LogP contribution in [0.5, 0.6) is 0 Å². The zero-order valence-electron chi connectivity index (χ0n) is 19.2. The van der Waals surface area contributed by atoms with E-state index in [0.717, 1.165) is 5.76 Å². The van der Waals surface area contributed by atoms with Crippen molar-refractivity contribution < 1.29 is 28.3 Å². The van der Waals surface area contributed by atoms with E-state index < -0.39 is 8.32 Å². The lowest BCUT2D eigenvalue weighted by atomic mass is 10.0. The molecular formula is C21H40O6Si. The number of rotatable bonds is 11. The molecule has 2 unspecified atom stereocenters. The Morgan fingerprint density at radius 3 is 1.75 bits per heavy atom. The Morgan fingerprint density at radius 1 is 0.893 bits per heavy atom. The van der Waals surface area contributed by atoms with Gasteiger partial charge in [0.25, 0.3) is 0 Å². The maximum Gasteiger partial charge on any atom is 0.308 e. The molecule has 0 aromatic rings. The second-order valence-electron chi connectivity index (χ2n) is 7.81. The highest BCUT2D eigenvalue weighted by Gasteiger charge is 2.17. The monoisotopic (exact) mass is 416 g/mol. The summed E-state index contributed by atoms with van der Waals surface area (Å²) in [5, 5.41) is 0. The molecule has 7 heteroatoms. The molecule has 28 heavy (non-hydrogen) atoms. The molecule has 2 atom stereocenters.